The predicted octanol–water partition coefficient (Wildman–Crippen LogP) is 2.32. The number of nitrogens with two attached hydrogens (primary N) is 1. The van der Waals surface area contributed by atoms with Crippen LogP contribution in [0.15, 0.2) is 36.4 Å². The van der Waals surface area contributed by atoms with E-state index in [1.54, 1.807) is 0 Å². The molecule has 1 aliphatic rings. The third-order valence-corrected chi connectivity index (χ3v) is 11.0. The number of hydrogen-bond acceptors (Lipinski definition) is 11. The van der Waals surface area contributed by atoms with E-state index in [0.29, 0.717) is 12.0 Å². The summed E-state index contributed by atoms with van der Waals surface area (Å²) in [6.45, 7) is 0.0953. The van der Waals surface area contributed by atoms with Crippen molar-refractivity contribution in [1.29, 1.82) is 0 Å². The molecule has 2 aromatic rings. The molecule has 1 aliphatic heterocycles. The van der Waals surface area contributed by atoms with Crippen LogP contribution in [0.5, 0.6) is 11.5 Å². The zero-order valence-corrected chi connectivity index (χ0v) is 36.1. The molecule has 62 heavy (non-hydrogen) atoms. The van der Waals surface area contributed by atoms with Crippen LogP contribution in [0.25, 0.3) is 11.1 Å². The van der Waals surface area contributed by atoms with Gasteiger partial charge < -0.3 is 57.2 Å². The fourth-order valence-electron chi connectivity index (χ4n) is 7.24. The number of nitrogens with one attached hydrogen (secondary N) is 4. The Kier molecular flexibility index (Phi) is 21.1. The van der Waals surface area contributed by atoms with Crippen LogP contribution >= 0.6 is 0 Å². The number of carbonyl (C=O) groups is 7. The fourth-order valence-corrected chi connectivity index (χ4v) is 7.24. The van der Waals surface area contributed by atoms with Gasteiger partial charge in [-0.25, -0.2) is 4.79 Å². The van der Waals surface area contributed by atoms with E-state index in [-0.39, 0.29) is 46.9 Å². The van der Waals surface area contributed by atoms with E-state index in [1.807, 2.05) is 0 Å². The maximum absolute atomic E-state index is 13.6. The molecule has 342 valence electrons. The minimum absolute atomic E-state index is 0.0524. The van der Waals surface area contributed by atoms with Gasteiger partial charge in [0.2, 0.25) is 29.5 Å². The van der Waals surface area contributed by atoms with E-state index in [4.69, 9.17) is 5.73 Å². The number of likely N-dealkylation sites (N-methyl/N-ethyl adjacent to an activating group) is 2. The Morgan fingerprint density at radius 1 is 0.806 bits per heavy atom. The highest BCUT2D eigenvalue weighted by atomic mass is 16.4. The SMILES string of the molecule is CCCCCCCCCCCCCCCC(=O)N(C)[C@H](CO)C(=O)N[C@H](N)C(=O)NCC(=O)N(C)[C@@H]1C(=O)NCC(=O)N[C@H](C(=O)O)Cc2ccc(O)c(c2)-c2cc1ccc2O. The summed E-state index contributed by atoms with van der Waals surface area (Å²) in [4.78, 5) is 92.8. The second kappa shape index (κ2) is 25.9. The van der Waals surface area contributed by atoms with Gasteiger partial charge in [-0.05, 0) is 41.8 Å². The van der Waals surface area contributed by atoms with Crippen molar-refractivity contribution in [3.05, 3.63) is 47.5 Å². The van der Waals surface area contributed by atoms with Crippen LogP contribution in [-0.4, -0.2) is 124 Å². The number of unbranched alkanes of at least 4 members (excludes halogenated alkanes) is 12. The number of amides is 6. The number of benzene rings is 2. The number of carboxylic acid groups (broad SMARTS) is 1. The number of fused-ring (bicyclic) bond motifs is 5. The molecule has 0 radical (unpaired) electrons. The van der Waals surface area contributed by atoms with Crippen LogP contribution in [0.2, 0.25) is 0 Å². The molecule has 3 rings (SSSR count). The molecule has 1 heterocycles. The number of aliphatic hydroxyl groups excluding tert-OH is 1. The average Bonchev–Trinajstić information content (AvgIpc) is 3.24. The van der Waals surface area contributed by atoms with Crippen LogP contribution in [0.3, 0.4) is 0 Å². The minimum Gasteiger partial charge on any atom is -0.507 e. The maximum atomic E-state index is 13.6. The summed E-state index contributed by atoms with van der Waals surface area (Å²) in [7, 11) is 2.62. The number of hydrogen-bond donors (Lipinski definition) is 9. The van der Waals surface area contributed by atoms with Crippen LogP contribution in [0, 0.1) is 0 Å². The first-order valence-electron chi connectivity index (χ1n) is 21.5. The van der Waals surface area contributed by atoms with Gasteiger partial charge in [0.05, 0.1) is 19.7 Å². The third-order valence-electron chi connectivity index (χ3n) is 11.0. The number of phenolic OH excluding ortho intramolecular Hbond substituents is 2. The quantitative estimate of drug-likeness (QED) is 0.0575. The standard InChI is InChI=1S/C44H65N7O11/c1-4-5-6-7-8-9-10-11-12-13-14-15-16-17-37(56)50(2)33(27-52)41(58)49-40(45)43(60)47-26-38(57)51(3)39-29-19-21-35(54)31(24-29)30-22-28(18-20-34(30)53)23-32(44(61)62)48-36(55)25-46-42(39)59/h18-22,24,32-33,39-40,52-54H,4-17,23,25-27,45H2,1-3H3,(H,46,59)(H,47,60)(H,48,55)(H,49,58)(H,61,62)/t32-,33+,39-,40-/m0/s1. The molecule has 6 amide bonds. The number of rotatable bonds is 23. The van der Waals surface area contributed by atoms with E-state index in [2.05, 4.69) is 28.2 Å². The van der Waals surface area contributed by atoms with Gasteiger partial charge in [0.25, 0.3) is 5.91 Å². The van der Waals surface area contributed by atoms with Crippen molar-refractivity contribution in [2.45, 2.75) is 128 Å². The second-order valence-electron chi connectivity index (χ2n) is 15.8. The summed E-state index contributed by atoms with van der Waals surface area (Å²) in [5, 5.41) is 50.5. The van der Waals surface area contributed by atoms with Crippen molar-refractivity contribution in [2.24, 2.45) is 5.73 Å². The maximum Gasteiger partial charge on any atom is 0.326 e. The van der Waals surface area contributed by atoms with E-state index in [1.165, 1.54) is 102 Å². The lowest BCUT2D eigenvalue weighted by Gasteiger charge is -2.29. The van der Waals surface area contributed by atoms with Gasteiger partial charge >= 0.3 is 5.97 Å². The largest absolute Gasteiger partial charge is 0.507 e. The lowest BCUT2D eigenvalue weighted by Crippen LogP contribution is -2.59. The smallest absolute Gasteiger partial charge is 0.326 e. The number of carbonyl (C=O) groups excluding carboxylic acids is 6. The van der Waals surface area contributed by atoms with Gasteiger partial charge in [0, 0.05) is 38.1 Å². The molecule has 18 heteroatoms. The van der Waals surface area contributed by atoms with Crippen molar-refractivity contribution in [1.82, 2.24) is 31.1 Å². The van der Waals surface area contributed by atoms with Crippen LogP contribution in [0.4, 0.5) is 0 Å². The number of carboxylic acids is 1. The first kappa shape index (κ1) is 50.6. The lowest BCUT2D eigenvalue weighted by atomic mass is 9.94. The highest BCUT2D eigenvalue weighted by Crippen LogP contribution is 2.38. The Labute approximate surface area is 363 Å². The highest BCUT2D eigenvalue weighted by molar-refractivity contribution is 5.95. The Balaban J connectivity index is 1.57. The number of aliphatic carboxylic acids is 1. The molecular weight excluding hydrogens is 803 g/mol. The summed E-state index contributed by atoms with van der Waals surface area (Å²) >= 11 is 0. The van der Waals surface area contributed by atoms with Crippen LogP contribution in [-0.2, 0) is 40.0 Å². The van der Waals surface area contributed by atoms with Crippen LogP contribution < -0.4 is 27.0 Å². The molecule has 0 fully saturated rings. The molecule has 0 aromatic heterocycles. The number of aliphatic hydroxyl groups is 1. The molecule has 0 saturated carbocycles. The zero-order valence-electron chi connectivity index (χ0n) is 36.1. The molecule has 2 aromatic carbocycles. The van der Waals surface area contributed by atoms with E-state index < -0.39 is 79.5 Å². The predicted molar refractivity (Wildman–Crippen MR) is 230 cm³/mol. The molecule has 0 spiro atoms. The second-order valence-corrected chi connectivity index (χ2v) is 15.8. The first-order chi connectivity index (χ1) is 29.6. The topological polar surface area (TPSA) is 281 Å². The summed E-state index contributed by atoms with van der Waals surface area (Å²) in [5.74, 6) is -6.74. The summed E-state index contributed by atoms with van der Waals surface area (Å²) in [6.07, 6.45) is 13.3. The average molecular weight is 868 g/mol. The number of aromatic hydroxyl groups is 2. The van der Waals surface area contributed by atoms with Crippen molar-refractivity contribution < 1.29 is 54.0 Å². The number of nitrogens with zero attached hydrogens (tertiary/aromatic N) is 2. The number of phenols is 2. The summed E-state index contributed by atoms with van der Waals surface area (Å²) in [6, 6.07) is 3.91. The van der Waals surface area contributed by atoms with E-state index >= 15 is 0 Å². The van der Waals surface area contributed by atoms with Crippen molar-refractivity contribution in [3.8, 4) is 22.6 Å². The van der Waals surface area contributed by atoms with Gasteiger partial charge in [0.1, 0.15) is 29.6 Å². The molecule has 0 aliphatic carbocycles. The highest BCUT2D eigenvalue weighted by Gasteiger charge is 2.33. The molecular formula is C44H65N7O11. The van der Waals surface area contributed by atoms with Gasteiger partial charge in [-0.1, -0.05) is 96.1 Å². The minimum atomic E-state index is -1.70. The Morgan fingerprint density at radius 2 is 1.37 bits per heavy atom. The normalized spacial score (nSPS) is 16.1. The van der Waals surface area contributed by atoms with Crippen LogP contribution in [0.1, 0.15) is 114 Å². The first-order valence-corrected chi connectivity index (χ1v) is 21.5. The summed E-state index contributed by atoms with van der Waals surface area (Å²) < 4.78 is 0. The van der Waals surface area contributed by atoms with E-state index in [0.717, 1.165) is 35.5 Å². The van der Waals surface area contributed by atoms with Crippen molar-refractivity contribution in [2.75, 3.05) is 33.8 Å². The Morgan fingerprint density at radius 3 is 1.95 bits per heavy atom. The lowest BCUT2D eigenvalue weighted by molar-refractivity contribution is -0.142. The molecule has 10 N–H and O–H groups in total. The summed E-state index contributed by atoms with van der Waals surface area (Å²) in [5.41, 5.74) is 6.59. The zero-order chi connectivity index (χ0) is 45.8. The Bertz CT molecular complexity index is 1860. The van der Waals surface area contributed by atoms with E-state index in [9.17, 15) is 54.0 Å². The van der Waals surface area contributed by atoms with Crippen molar-refractivity contribution >= 4 is 41.4 Å². The molecule has 0 unspecified atom stereocenters. The van der Waals surface area contributed by atoms with Gasteiger partial charge in [-0.2, -0.15) is 0 Å². The van der Waals surface area contributed by atoms with Gasteiger partial charge in [-0.3, -0.25) is 28.8 Å². The molecule has 0 saturated heterocycles. The molecule has 18 nitrogen and oxygen atoms in total. The van der Waals surface area contributed by atoms with Crippen molar-refractivity contribution in [3.63, 3.8) is 0 Å². The molecule has 4 bridgehead atoms. The molecule has 4 atom stereocenters. The Hall–Kier alpha value is -5.75. The monoisotopic (exact) mass is 867 g/mol. The van der Waals surface area contributed by atoms with Gasteiger partial charge in [-0.15, -0.1) is 0 Å². The third kappa shape index (κ3) is 15.6. The van der Waals surface area contributed by atoms with Gasteiger partial charge in [0.15, 0.2) is 6.17 Å². The fraction of sp³-hybridized carbons (Fsp3) is 0.568.